The molecule has 0 aromatic heterocycles. The number of nitrogen functional groups attached to an aromatic ring is 2. The van der Waals surface area contributed by atoms with Gasteiger partial charge in [0.1, 0.15) is 0 Å². The summed E-state index contributed by atoms with van der Waals surface area (Å²) in [6, 6.07) is 12.0. The van der Waals surface area contributed by atoms with Gasteiger partial charge in [-0.2, -0.15) is 0 Å². The van der Waals surface area contributed by atoms with E-state index in [0.29, 0.717) is 17.9 Å². The Labute approximate surface area is 142 Å². The zero-order valence-corrected chi connectivity index (χ0v) is 14.2. The first-order chi connectivity index (χ1) is 10.4. The normalized spacial score (nSPS) is 11.0. The monoisotopic (exact) mass is 356 g/mol. The Morgan fingerprint density at radius 3 is 2.26 bits per heavy atom. The number of anilines is 2. The number of hydrogen-bond acceptors (Lipinski definition) is 5. The molecule has 0 atom stereocenters. The van der Waals surface area contributed by atoms with Gasteiger partial charge in [-0.3, -0.25) is 0 Å². The van der Waals surface area contributed by atoms with Gasteiger partial charge in [0.15, 0.2) is 0 Å². The number of halogens is 1. The Balaban J connectivity index is 0.00000264. The third-order valence-electron chi connectivity index (χ3n) is 3.32. The molecule has 0 heterocycles. The molecule has 0 fully saturated rings. The van der Waals surface area contributed by atoms with Gasteiger partial charge in [-0.25, -0.2) is 13.6 Å². The van der Waals surface area contributed by atoms with Crippen molar-refractivity contribution in [1.29, 1.82) is 0 Å². The summed E-state index contributed by atoms with van der Waals surface area (Å²) in [6.45, 7) is 1.37. The van der Waals surface area contributed by atoms with Crippen molar-refractivity contribution in [3.63, 3.8) is 0 Å². The van der Waals surface area contributed by atoms with Crippen LogP contribution in [0.1, 0.15) is 11.1 Å². The number of primary sulfonamides is 1. The van der Waals surface area contributed by atoms with Crippen LogP contribution in [-0.4, -0.2) is 15.0 Å². The zero-order valence-electron chi connectivity index (χ0n) is 12.5. The Bertz CT molecular complexity index is 749. The smallest absolute Gasteiger partial charge is 0.238 e. The van der Waals surface area contributed by atoms with E-state index in [1.54, 1.807) is 24.3 Å². The molecule has 0 unspecified atom stereocenters. The molecule has 2 aromatic carbocycles. The van der Waals surface area contributed by atoms with Gasteiger partial charge in [-0.05, 0) is 54.4 Å². The molecule has 7 N–H and O–H groups in total. The lowest BCUT2D eigenvalue weighted by Crippen LogP contribution is -2.18. The Hall–Kier alpha value is -1.80. The van der Waals surface area contributed by atoms with Crippen LogP contribution in [-0.2, 0) is 23.0 Å². The molecule has 0 bridgehead atoms. The minimum absolute atomic E-state index is 0. The molecule has 2 rings (SSSR count). The maximum absolute atomic E-state index is 11.2. The second-order valence-electron chi connectivity index (χ2n) is 5.07. The minimum atomic E-state index is -3.63. The largest absolute Gasteiger partial charge is 0.399 e. The summed E-state index contributed by atoms with van der Waals surface area (Å²) in [4.78, 5) is 0.122. The van der Waals surface area contributed by atoms with Crippen molar-refractivity contribution in [1.82, 2.24) is 5.32 Å². The quantitative estimate of drug-likeness (QED) is 0.458. The van der Waals surface area contributed by atoms with Crippen LogP contribution < -0.4 is 21.9 Å². The maximum Gasteiger partial charge on any atom is 0.238 e. The predicted octanol–water partition coefficient (Wildman–Crippen LogP) is 1.25. The Morgan fingerprint density at radius 1 is 1.00 bits per heavy atom. The highest BCUT2D eigenvalue weighted by Crippen LogP contribution is 2.15. The second-order valence-corrected chi connectivity index (χ2v) is 6.64. The SMILES string of the molecule is Cl.Nc1ccc(N)c(CNCCc2ccc(S(N)(=O)=O)cc2)c1. The summed E-state index contributed by atoms with van der Waals surface area (Å²) < 4.78 is 22.3. The number of nitrogens with one attached hydrogen (secondary N) is 1. The van der Waals surface area contributed by atoms with E-state index in [-0.39, 0.29) is 17.3 Å². The summed E-state index contributed by atoms with van der Waals surface area (Å²) in [5.74, 6) is 0. The van der Waals surface area contributed by atoms with Gasteiger partial charge < -0.3 is 16.8 Å². The van der Waals surface area contributed by atoms with Crippen LogP contribution >= 0.6 is 12.4 Å². The van der Waals surface area contributed by atoms with Crippen molar-refractivity contribution in [2.45, 2.75) is 17.9 Å². The van der Waals surface area contributed by atoms with E-state index in [2.05, 4.69) is 5.32 Å². The van der Waals surface area contributed by atoms with Crippen LogP contribution in [0.25, 0.3) is 0 Å². The van der Waals surface area contributed by atoms with Crippen LogP contribution in [0.4, 0.5) is 11.4 Å². The first-order valence-corrected chi connectivity index (χ1v) is 8.37. The van der Waals surface area contributed by atoms with E-state index >= 15 is 0 Å². The van der Waals surface area contributed by atoms with Gasteiger partial charge in [0.25, 0.3) is 0 Å². The predicted molar refractivity (Wildman–Crippen MR) is 95.7 cm³/mol. The van der Waals surface area contributed by atoms with Gasteiger partial charge >= 0.3 is 0 Å². The highest BCUT2D eigenvalue weighted by molar-refractivity contribution is 7.89. The lowest BCUT2D eigenvalue weighted by Gasteiger charge is -2.09. The van der Waals surface area contributed by atoms with E-state index < -0.39 is 10.0 Å². The molecule has 2 aromatic rings. The first-order valence-electron chi connectivity index (χ1n) is 6.82. The third kappa shape index (κ3) is 5.72. The van der Waals surface area contributed by atoms with Crippen molar-refractivity contribution in [2.75, 3.05) is 18.0 Å². The molecule has 6 nitrogen and oxygen atoms in total. The Kier molecular flexibility index (Phi) is 6.83. The molecular weight excluding hydrogens is 336 g/mol. The summed E-state index contributed by atoms with van der Waals surface area (Å²) in [5.41, 5.74) is 15.0. The number of nitrogens with two attached hydrogens (primary N) is 3. The van der Waals surface area contributed by atoms with Crippen LogP contribution in [0.15, 0.2) is 47.4 Å². The third-order valence-corrected chi connectivity index (χ3v) is 4.25. The number of rotatable bonds is 6. The Morgan fingerprint density at radius 2 is 1.65 bits per heavy atom. The molecule has 0 aliphatic heterocycles. The maximum atomic E-state index is 11.2. The second kappa shape index (κ2) is 8.16. The van der Waals surface area contributed by atoms with Crippen molar-refractivity contribution < 1.29 is 8.42 Å². The molecule has 23 heavy (non-hydrogen) atoms. The first kappa shape index (κ1) is 19.2. The average molecular weight is 357 g/mol. The van der Waals surface area contributed by atoms with Gasteiger partial charge in [-0.15, -0.1) is 12.4 Å². The van der Waals surface area contributed by atoms with Gasteiger partial charge in [0.05, 0.1) is 4.90 Å². The minimum Gasteiger partial charge on any atom is -0.399 e. The van der Waals surface area contributed by atoms with Crippen molar-refractivity contribution >= 4 is 33.8 Å². The fourth-order valence-corrected chi connectivity index (χ4v) is 2.60. The number of benzene rings is 2. The van der Waals surface area contributed by atoms with Crippen LogP contribution in [0, 0.1) is 0 Å². The lowest BCUT2D eigenvalue weighted by molar-refractivity contribution is 0.597. The number of sulfonamides is 1. The van der Waals surface area contributed by atoms with E-state index in [9.17, 15) is 8.42 Å². The van der Waals surface area contributed by atoms with Gasteiger partial charge in [-0.1, -0.05) is 12.1 Å². The van der Waals surface area contributed by atoms with E-state index in [0.717, 1.165) is 24.1 Å². The average Bonchev–Trinajstić information content (AvgIpc) is 2.46. The molecule has 0 saturated carbocycles. The molecule has 0 radical (unpaired) electrons. The topological polar surface area (TPSA) is 124 Å². The molecule has 126 valence electrons. The van der Waals surface area contributed by atoms with E-state index in [1.165, 1.54) is 12.1 Å². The molecule has 0 amide bonds. The highest BCUT2D eigenvalue weighted by atomic mass is 35.5. The highest BCUT2D eigenvalue weighted by Gasteiger charge is 2.06. The standard InChI is InChI=1S/C15H20N4O2S.ClH/c16-13-3-6-15(17)12(9-13)10-19-8-7-11-1-4-14(5-2-11)22(18,20)21;/h1-6,9,19H,7-8,10,16-17H2,(H2,18,20,21);1H. The van der Waals surface area contributed by atoms with Crippen molar-refractivity contribution in [3.05, 3.63) is 53.6 Å². The summed E-state index contributed by atoms with van der Waals surface area (Å²) >= 11 is 0. The molecule has 0 spiro atoms. The van der Waals surface area contributed by atoms with Crippen LogP contribution in [0.2, 0.25) is 0 Å². The van der Waals surface area contributed by atoms with Crippen LogP contribution in [0.3, 0.4) is 0 Å². The molecular formula is C15H21ClN4O2S. The lowest BCUT2D eigenvalue weighted by atomic mass is 10.1. The molecule has 8 heteroatoms. The van der Waals surface area contributed by atoms with Gasteiger partial charge in [0, 0.05) is 17.9 Å². The molecule has 0 saturated heterocycles. The van der Waals surface area contributed by atoms with Crippen LogP contribution in [0.5, 0.6) is 0 Å². The summed E-state index contributed by atoms with van der Waals surface area (Å²) in [6.07, 6.45) is 0.771. The van der Waals surface area contributed by atoms with E-state index in [4.69, 9.17) is 16.6 Å². The molecule has 0 aliphatic carbocycles. The fraction of sp³-hybridized carbons (Fsp3) is 0.200. The fourth-order valence-electron chi connectivity index (χ4n) is 2.08. The summed E-state index contributed by atoms with van der Waals surface area (Å²) in [7, 11) is -3.63. The number of hydrogen-bond donors (Lipinski definition) is 4. The van der Waals surface area contributed by atoms with E-state index in [1.807, 2.05) is 6.07 Å². The van der Waals surface area contributed by atoms with Gasteiger partial charge in [0.2, 0.25) is 10.0 Å². The zero-order chi connectivity index (χ0) is 16.2. The molecule has 0 aliphatic rings. The van der Waals surface area contributed by atoms with Crippen molar-refractivity contribution in [2.24, 2.45) is 5.14 Å². The summed E-state index contributed by atoms with van der Waals surface area (Å²) in [5, 5.41) is 8.34. The van der Waals surface area contributed by atoms with Crippen molar-refractivity contribution in [3.8, 4) is 0 Å².